The third-order valence-corrected chi connectivity index (χ3v) is 13.7. The van der Waals surface area contributed by atoms with Gasteiger partial charge in [0.2, 0.25) is 6.54 Å². The number of nitrogens with zero attached hydrogens (tertiary/aromatic N) is 9. The monoisotopic (exact) mass is 902 g/mol. The average Bonchev–Trinajstić information content (AvgIpc) is 3.94. The topological polar surface area (TPSA) is 142 Å². The maximum Gasteiger partial charge on any atom is 0.305 e. The Kier molecular flexibility index (Phi) is 24.2. The lowest BCUT2D eigenvalue weighted by molar-refractivity contribution is -0.243. The molecule has 2 aromatic heterocycles. The lowest BCUT2D eigenvalue weighted by Gasteiger charge is -2.38. The zero-order valence-electron chi connectivity index (χ0n) is 39.9. The van der Waals surface area contributed by atoms with Crippen LogP contribution in [0.2, 0.25) is 0 Å². The molecule has 0 radical (unpaired) electrons. The fourth-order valence-electron chi connectivity index (χ4n) is 8.31. The van der Waals surface area contributed by atoms with Crippen molar-refractivity contribution in [3.63, 3.8) is 0 Å². The number of methoxy groups -OCH3 is 1. The third-order valence-electron chi connectivity index (χ3n) is 11.6. The van der Waals surface area contributed by atoms with E-state index in [1.54, 1.807) is 12.7 Å². The first-order chi connectivity index (χ1) is 30.5. The van der Waals surface area contributed by atoms with E-state index in [1.807, 2.05) is 23.6 Å². The van der Waals surface area contributed by atoms with Gasteiger partial charge in [-0.3, -0.25) is 14.2 Å². The number of carbonyl (C=O) groups is 1. The van der Waals surface area contributed by atoms with Gasteiger partial charge in [-0.05, 0) is 47.0 Å². The van der Waals surface area contributed by atoms with Gasteiger partial charge in [-0.2, -0.15) is 5.06 Å². The van der Waals surface area contributed by atoms with E-state index in [4.69, 9.17) is 39.7 Å². The highest BCUT2D eigenvalue weighted by Gasteiger charge is 2.65. The molecule has 2 aliphatic rings. The van der Waals surface area contributed by atoms with Crippen molar-refractivity contribution >= 4 is 37.8 Å². The maximum absolute atomic E-state index is 11.3. The Hall–Kier alpha value is -2.87. The van der Waals surface area contributed by atoms with Crippen LogP contribution in [0.25, 0.3) is 16.0 Å². The van der Waals surface area contributed by atoms with Crippen LogP contribution in [-0.2, 0) is 32.9 Å². The lowest BCUT2D eigenvalue weighted by atomic mass is 10.0. The van der Waals surface area contributed by atoms with Crippen LogP contribution in [0.1, 0.15) is 156 Å². The first-order valence-corrected chi connectivity index (χ1v) is 25.0. The molecule has 5 atom stereocenters. The number of rotatable bonds is 35. The summed E-state index contributed by atoms with van der Waals surface area (Å²) in [5.41, 5.74) is 0.210. The Labute approximate surface area is 379 Å². The summed E-state index contributed by atoms with van der Waals surface area (Å²) in [5, 5.41) is 2.15. The van der Waals surface area contributed by atoms with Crippen LogP contribution >= 0.6 is 8.53 Å². The fraction of sp³-hybridized carbons (Fsp3) is 0.826. The smallest absolute Gasteiger partial charge is 0.305 e. The van der Waals surface area contributed by atoms with Gasteiger partial charge in [0.05, 0.1) is 26.4 Å². The minimum atomic E-state index is -1.59. The first kappa shape index (κ1) is 52.8. The highest BCUT2D eigenvalue weighted by atomic mass is 31.2. The molecule has 0 amide bonds. The molecular formula is C46H80N9O7P. The molecule has 2 bridgehead atoms. The molecule has 0 N–H and O–H groups in total. The Bertz CT molecular complexity index is 1650. The van der Waals surface area contributed by atoms with Gasteiger partial charge in [-0.25, -0.2) is 31.2 Å². The van der Waals surface area contributed by atoms with Crippen LogP contribution in [0.3, 0.4) is 0 Å². The minimum absolute atomic E-state index is 0.0980. The zero-order valence-corrected chi connectivity index (χ0v) is 40.8. The van der Waals surface area contributed by atoms with E-state index in [0.717, 1.165) is 45.2 Å². The Balaban J connectivity index is 1.41. The van der Waals surface area contributed by atoms with Crippen molar-refractivity contribution < 1.29 is 32.9 Å². The van der Waals surface area contributed by atoms with Crippen LogP contribution < -0.4 is 0 Å². The molecule has 4 heterocycles. The van der Waals surface area contributed by atoms with E-state index in [9.17, 15) is 4.79 Å². The van der Waals surface area contributed by atoms with Gasteiger partial charge in [0.1, 0.15) is 37.4 Å². The normalized spacial score (nSPS) is 20.3. The largest absolute Gasteiger partial charge is 0.469 e. The third kappa shape index (κ3) is 16.8. The van der Waals surface area contributed by atoms with E-state index in [1.165, 1.54) is 90.5 Å². The second-order valence-electron chi connectivity index (χ2n) is 17.8. The second-order valence-corrected chi connectivity index (χ2v) is 19.2. The fourth-order valence-corrected chi connectivity index (χ4v) is 10.1. The summed E-state index contributed by atoms with van der Waals surface area (Å²) >= 11 is 0. The number of fused-ring (bicyclic) bond motifs is 3. The number of hydroxylamine groups is 2. The molecule has 0 spiro atoms. The number of esters is 1. The number of hydrogen-bond donors (Lipinski definition) is 0. The standard InChI is InChI=1S/C46H80N9O7P/c1-10-11-12-25-29-53(30-26-23-21-19-17-15-13-14-16-18-20-22-24-27-39(56)57-9)59-33-46-32-58-41(42(46)62-63(60-31-28-47-6)55(37(2)3)38(4)5)45(61-46)54-36-50-40-43(51-35-52(7)8)48-34-49-44(40)54/h34-38,41-42,45H,10-33H2,1-5,7-9H3/b51-35-/t41-,42?,45+,46+,63?/m0/s1. The number of hydrogen-bond acceptors (Lipinski definition) is 13. The SMILES string of the molecule is [C-]#[N+]CCOP(OC1[C@@H]2OC[C@]1(CON(CCCCCC)CCCCCCCCCCCCCCCC(=O)OC)O[C@H]2n1cnc2c(/N=C\N(C)C)ncnc21)N(C(C)C)C(C)C. The molecule has 4 rings (SSSR count). The van der Waals surface area contributed by atoms with E-state index in [-0.39, 0.29) is 37.8 Å². The number of ether oxygens (including phenoxy) is 3. The number of imidazole rings is 1. The maximum atomic E-state index is 11.3. The van der Waals surface area contributed by atoms with Crippen molar-refractivity contribution in [1.82, 2.24) is 34.2 Å². The Morgan fingerprint density at radius 3 is 2.16 bits per heavy atom. The van der Waals surface area contributed by atoms with E-state index in [0.29, 0.717) is 30.0 Å². The molecule has 2 fully saturated rings. The van der Waals surface area contributed by atoms with Crippen molar-refractivity contribution in [2.75, 3.05) is 60.7 Å². The Morgan fingerprint density at radius 1 is 0.952 bits per heavy atom. The Morgan fingerprint density at radius 2 is 1.57 bits per heavy atom. The summed E-state index contributed by atoms with van der Waals surface area (Å²) in [4.78, 5) is 41.7. The molecule has 2 aliphatic heterocycles. The van der Waals surface area contributed by atoms with Crippen LogP contribution in [0.5, 0.6) is 0 Å². The van der Waals surface area contributed by atoms with Crippen LogP contribution in [0, 0.1) is 6.57 Å². The van der Waals surface area contributed by atoms with Crippen molar-refractivity contribution in [1.29, 1.82) is 0 Å². The van der Waals surface area contributed by atoms with Gasteiger partial charge in [0.15, 0.2) is 23.2 Å². The summed E-state index contributed by atoms with van der Waals surface area (Å²) < 4.78 is 36.1. The molecule has 0 saturated carbocycles. The summed E-state index contributed by atoms with van der Waals surface area (Å²) in [6, 6.07) is 0.267. The predicted molar refractivity (Wildman–Crippen MR) is 249 cm³/mol. The van der Waals surface area contributed by atoms with Crippen molar-refractivity contribution in [2.45, 2.75) is 186 Å². The van der Waals surface area contributed by atoms with Gasteiger partial charge in [-0.1, -0.05) is 96.8 Å². The summed E-state index contributed by atoms with van der Waals surface area (Å²) in [5.74, 6) is 0.370. The summed E-state index contributed by atoms with van der Waals surface area (Å²) in [6.07, 6.45) is 24.1. The molecular weight excluding hydrogens is 822 g/mol. The van der Waals surface area contributed by atoms with Gasteiger partial charge in [-0.15, -0.1) is 0 Å². The molecule has 0 aliphatic carbocycles. The van der Waals surface area contributed by atoms with Crippen molar-refractivity contribution in [3.8, 4) is 0 Å². The molecule has 16 nitrogen and oxygen atoms in total. The highest BCUT2D eigenvalue weighted by Crippen LogP contribution is 2.55. The number of aromatic nitrogens is 4. The molecule has 63 heavy (non-hydrogen) atoms. The van der Waals surface area contributed by atoms with Crippen LogP contribution in [-0.4, -0.2) is 137 Å². The lowest BCUT2D eigenvalue weighted by Crippen LogP contribution is -2.48. The van der Waals surface area contributed by atoms with Gasteiger partial charge >= 0.3 is 5.97 Å². The van der Waals surface area contributed by atoms with E-state index >= 15 is 0 Å². The van der Waals surface area contributed by atoms with E-state index < -0.39 is 32.6 Å². The first-order valence-electron chi connectivity index (χ1n) is 23.9. The molecule has 2 aromatic rings. The predicted octanol–water partition coefficient (Wildman–Crippen LogP) is 9.83. The minimum Gasteiger partial charge on any atom is -0.469 e. The quantitative estimate of drug-likeness (QED) is 0.0123. The summed E-state index contributed by atoms with van der Waals surface area (Å²) in [7, 11) is 3.68. The number of unbranched alkanes of at least 4 members (excludes halogenated alkanes) is 15. The molecule has 17 heteroatoms. The summed E-state index contributed by atoms with van der Waals surface area (Å²) in [6.45, 7) is 21.0. The van der Waals surface area contributed by atoms with Crippen LogP contribution in [0.4, 0.5) is 5.82 Å². The average molecular weight is 902 g/mol. The molecule has 2 unspecified atom stereocenters. The highest BCUT2D eigenvalue weighted by molar-refractivity contribution is 7.44. The van der Waals surface area contributed by atoms with Gasteiger partial charge in [0, 0.05) is 45.7 Å². The van der Waals surface area contributed by atoms with E-state index in [2.05, 4.69) is 64.2 Å². The van der Waals surface area contributed by atoms with Crippen molar-refractivity contribution in [2.24, 2.45) is 4.99 Å². The molecule has 0 aromatic carbocycles. The molecule has 2 saturated heterocycles. The number of carbonyl (C=O) groups excluding carboxylic acids is 1. The van der Waals surface area contributed by atoms with Crippen molar-refractivity contribution in [3.05, 3.63) is 24.1 Å². The zero-order chi connectivity index (χ0) is 45.5. The number of aliphatic imine (C=N–C) groups is 1. The molecule has 356 valence electrons. The second kappa shape index (κ2) is 28.9. The van der Waals surface area contributed by atoms with Crippen LogP contribution in [0.15, 0.2) is 17.6 Å². The van der Waals surface area contributed by atoms with Gasteiger partial charge < -0.3 is 33.0 Å². The van der Waals surface area contributed by atoms with Gasteiger partial charge in [0.25, 0.3) is 8.53 Å².